The van der Waals surface area contributed by atoms with Crippen molar-refractivity contribution in [3.05, 3.63) is 0 Å². The number of aliphatic hydroxyl groups is 1. The highest BCUT2D eigenvalue weighted by Gasteiger charge is 2.28. The molecule has 0 spiro atoms. The van der Waals surface area contributed by atoms with Gasteiger partial charge in [-0.2, -0.15) is 0 Å². The molecule has 3 atom stereocenters. The predicted octanol–water partition coefficient (Wildman–Crippen LogP) is 0.927. The van der Waals surface area contributed by atoms with E-state index < -0.39 is 0 Å². The largest absolute Gasteiger partial charge is 0.396 e. The topological polar surface area (TPSA) is 47.9 Å². The number of aliphatic hydroxyl groups excluding tert-OH is 1. The Morgan fingerprint density at radius 2 is 2.20 bits per heavy atom. The molecule has 2 heterocycles. The van der Waals surface area contributed by atoms with Gasteiger partial charge in [-0.3, -0.25) is 0 Å². The van der Waals surface area contributed by atoms with Crippen LogP contribution in [0.25, 0.3) is 0 Å². The van der Waals surface area contributed by atoms with Crippen LogP contribution in [0.3, 0.4) is 0 Å². The summed E-state index contributed by atoms with van der Waals surface area (Å²) in [7, 11) is 0. The van der Waals surface area contributed by atoms with E-state index in [4.69, 9.17) is 19.3 Å². The zero-order chi connectivity index (χ0) is 10.5. The van der Waals surface area contributed by atoms with Crippen LogP contribution in [0.15, 0.2) is 0 Å². The Hall–Kier alpha value is -0.160. The summed E-state index contributed by atoms with van der Waals surface area (Å²) in [5, 5.41) is 8.78. The van der Waals surface area contributed by atoms with Gasteiger partial charge in [0.25, 0.3) is 0 Å². The summed E-state index contributed by atoms with van der Waals surface area (Å²) in [5.41, 5.74) is 0. The van der Waals surface area contributed by atoms with Crippen LogP contribution in [-0.4, -0.2) is 43.9 Å². The van der Waals surface area contributed by atoms with E-state index in [-0.39, 0.29) is 19.0 Å². The van der Waals surface area contributed by atoms with E-state index in [1.54, 1.807) is 0 Å². The second-order valence-electron chi connectivity index (χ2n) is 4.35. The molecule has 3 unspecified atom stereocenters. The van der Waals surface area contributed by atoms with Crippen LogP contribution in [0.2, 0.25) is 0 Å². The normalized spacial score (nSPS) is 37.0. The molecule has 2 saturated heterocycles. The Morgan fingerprint density at radius 1 is 1.27 bits per heavy atom. The zero-order valence-electron chi connectivity index (χ0n) is 9.06. The molecule has 15 heavy (non-hydrogen) atoms. The average molecular weight is 216 g/mol. The van der Waals surface area contributed by atoms with Gasteiger partial charge in [-0.1, -0.05) is 0 Å². The Labute approximate surface area is 90.5 Å². The average Bonchev–Trinajstić information content (AvgIpc) is 2.68. The SMILES string of the molecule is OCCC1COC(CC2CCCOC2)O1. The van der Waals surface area contributed by atoms with Crippen molar-refractivity contribution in [2.45, 2.75) is 38.1 Å². The molecule has 2 aliphatic heterocycles. The van der Waals surface area contributed by atoms with Crippen molar-refractivity contribution in [3.8, 4) is 0 Å². The molecule has 2 rings (SSSR count). The van der Waals surface area contributed by atoms with Crippen LogP contribution >= 0.6 is 0 Å². The van der Waals surface area contributed by atoms with Gasteiger partial charge in [0.15, 0.2) is 6.29 Å². The molecular formula is C11H20O4. The van der Waals surface area contributed by atoms with Gasteiger partial charge < -0.3 is 19.3 Å². The van der Waals surface area contributed by atoms with Crippen molar-refractivity contribution in [3.63, 3.8) is 0 Å². The lowest BCUT2D eigenvalue weighted by atomic mass is 9.98. The van der Waals surface area contributed by atoms with Gasteiger partial charge in [0, 0.05) is 26.2 Å². The first-order valence-corrected chi connectivity index (χ1v) is 5.84. The molecule has 2 aliphatic rings. The van der Waals surface area contributed by atoms with Crippen molar-refractivity contribution < 1.29 is 19.3 Å². The third kappa shape index (κ3) is 3.41. The van der Waals surface area contributed by atoms with E-state index in [0.29, 0.717) is 18.9 Å². The molecule has 1 N–H and O–H groups in total. The standard InChI is InChI=1S/C11H20O4/c12-4-3-10-8-14-11(15-10)6-9-2-1-5-13-7-9/h9-12H,1-8H2. The maximum Gasteiger partial charge on any atom is 0.158 e. The van der Waals surface area contributed by atoms with Crippen molar-refractivity contribution >= 4 is 0 Å². The highest BCUT2D eigenvalue weighted by molar-refractivity contribution is 4.70. The molecule has 0 aromatic carbocycles. The smallest absolute Gasteiger partial charge is 0.158 e. The monoisotopic (exact) mass is 216 g/mol. The first-order valence-electron chi connectivity index (χ1n) is 5.84. The van der Waals surface area contributed by atoms with Gasteiger partial charge in [0.05, 0.1) is 12.7 Å². The molecule has 0 amide bonds. The highest BCUT2D eigenvalue weighted by Crippen LogP contribution is 2.25. The lowest BCUT2D eigenvalue weighted by Gasteiger charge is -2.24. The summed E-state index contributed by atoms with van der Waals surface area (Å²) in [6.45, 7) is 2.54. The van der Waals surface area contributed by atoms with E-state index in [9.17, 15) is 0 Å². The lowest BCUT2D eigenvalue weighted by molar-refractivity contribution is -0.0859. The van der Waals surface area contributed by atoms with Crippen molar-refractivity contribution in [1.29, 1.82) is 0 Å². The Balaban J connectivity index is 1.67. The quantitative estimate of drug-likeness (QED) is 0.759. The minimum absolute atomic E-state index is 0.0757. The van der Waals surface area contributed by atoms with E-state index in [1.165, 1.54) is 6.42 Å². The van der Waals surface area contributed by atoms with E-state index >= 15 is 0 Å². The maximum atomic E-state index is 8.78. The molecule has 4 heteroatoms. The molecule has 4 nitrogen and oxygen atoms in total. The first kappa shape index (κ1) is 11.3. The molecule has 2 fully saturated rings. The van der Waals surface area contributed by atoms with Gasteiger partial charge in [0.1, 0.15) is 0 Å². The fourth-order valence-corrected chi connectivity index (χ4v) is 2.19. The number of rotatable bonds is 4. The molecule has 0 radical (unpaired) electrons. The summed E-state index contributed by atoms with van der Waals surface area (Å²) in [6, 6.07) is 0. The van der Waals surface area contributed by atoms with Crippen LogP contribution < -0.4 is 0 Å². The van der Waals surface area contributed by atoms with Crippen LogP contribution in [0.4, 0.5) is 0 Å². The van der Waals surface area contributed by atoms with Gasteiger partial charge in [-0.15, -0.1) is 0 Å². The lowest BCUT2D eigenvalue weighted by Crippen LogP contribution is -2.23. The molecule has 0 bridgehead atoms. The molecule has 0 saturated carbocycles. The Kier molecular flexibility index (Phi) is 4.38. The second-order valence-corrected chi connectivity index (χ2v) is 4.35. The van der Waals surface area contributed by atoms with E-state index in [2.05, 4.69) is 0 Å². The van der Waals surface area contributed by atoms with Gasteiger partial charge in [0.2, 0.25) is 0 Å². The molecular weight excluding hydrogens is 196 g/mol. The van der Waals surface area contributed by atoms with E-state index in [0.717, 1.165) is 26.1 Å². The molecule has 0 aromatic heterocycles. The van der Waals surface area contributed by atoms with Crippen LogP contribution in [0.1, 0.15) is 25.7 Å². The fraction of sp³-hybridized carbons (Fsp3) is 1.00. The minimum atomic E-state index is -0.0757. The van der Waals surface area contributed by atoms with Gasteiger partial charge >= 0.3 is 0 Å². The summed E-state index contributed by atoms with van der Waals surface area (Å²) in [5.74, 6) is 0.580. The molecule has 0 aliphatic carbocycles. The number of ether oxygens (including phenoxy) is 3. The van der Waals surface area contributed by atoms with E-state index in [1.807, 2.05) is 0 Å². The molecule has 88 valence electrons. The predicted molar refractivity (Wildman–Crippen MR) is 54.5 cm³/mol. The van der Waals surface area contributed by atoms with Crippen molar-refractivity contribution in [2.75, 3.05) is 26.4 Å². The van der Waals surface area contributed by atoms with Crippen LogP contribution in [-0.2, 0) is 14.2 Å². The number of hydrogen-bond acceptors (Lipinski definition) is 4. The van der Waals surface area contributed by atoms with Crippen molar-refractivity contribution in [1.82, 2.24) is 0 Å². The summed E-state index contributed by atoms with van der Waals surface area (Å²) in [6.07, 6.45) is 3.99. The minimum Gasteiger partial charge on any atom is -0.396 e. The summed E-state index contributed by atoms with van der Waals surface area (Å²) < 4.78 is 16.6. The van der Waals surface area contributed by atoms with Gasteiger partial charge in [-0.05, 0) is 25.2 Å². The van der Waals surface area contributed by atoms with Crippen LogP contribution in [0, 0.1) is 5.92 Å². The first-order chi connectivity index (χ1) is 7.38. The van der Waals surface area contributed by atoms with Gasteiger partial charge in [-0.25, -0.2) is 0 Å². The Morgan fingerprint density at radius 3 is 2.93 bits per heavy atom. The summed E-state index contributed by atoms with van der Waals surface area (Å²) >= 11 is 0. The van der Waals surface area contributed by atoms with Crippen LogP contribution in [0.5, 0.6) is 0 Å². The fourth-order valence-electron chi connectivity index (χ4n) is 2.19. The number of hydrogen-bond donors (Lipinski definition) is 1. The zero-order valence-corrected chi connectivity index (χ0v) is 9.06. The van der Waals surface area contributed by atoms with Crippen molar-refractivity contribution in [2.24, 2.45) is 5.92 Å². The maximum absolute atomic E-state index is 8.78. The second kappa shape index (κ2) is 5.80. The molecule has 0 aromatic rings. The summed E-state index contributed by atoms with van der Waals surface area (Å²) in [4.78, 5) is 0. The third-order valence-corrected chi connectivity index (χ3v) is 3.04. The highest BCUT2D eigenvalue weighted by atomic mass is 16.7. The third-order valence-electron chi connectivity index (χ3n) is 3.04. The Bertz CT molecular complexity index is 179.